The quantitative estimate of drug-likeness (QED) is 0.174. The summed E-state index contributed by atoms with van der Waals surface area (Å²) in [7, 11) is 0. The Labute approximate surface area is 195 Å². The van der Waals surface area contributed by atoms with Crippen LogP contribution in [0.15, 0.2) is 48.5 Å². The molecule has 15 heteroatoms. The number of thiol groups is 1. The molecular weight excluding hydrogens is 497 g/mol. The lowest BCUT2D eigenvalue weighted by Gasteiger charge is -2.32. The van der Waals surface area contributed by atoms with E-state index in [1.165, 1.54) is 30.3 Å². The first-order valence-corrected chi connectivity index (χ1v) is 9.59. The third-order valence-corrected chi connectivity index (χ3v) is 4.71. The van der Waals surface area contributed by atoms with Gasteiger partial charge in [-0.1, -0.05) is 53.7 Å². The lowest BCUT2D eigenvalue weighted by molar-refractivity contribution is -0.385. The number of anilines is 1. The molecular formula is C16H12Cl3N5O6S. The van der Waals surface area contributed by atoms with Crippen LogP contribution in [0.4, 0.5) is 21.9 Å². The van der Waals surface area contributed by atoms with Crippen molar-refractivity contribution in [3.05, 3.63) is 74.3 Å². The lowest BCUT2D eigenvalue weighted by Crippen LogP contribution is -2.54. The van der Waals surface area contributed by atoms with E-state index in [1.54, 1.807) is 0 Å². The van der Waals surface area contributed by atoms with E-state index in [9.17, 15) is 29.8 Å². The van der Waals surface area contributed by atoms with Gasteiger partial charge in [-0.2, -0.15) is 0 Å². The molecule has 2 rings (SSSR count). The highest BCUT2D eigenvalue weighted by Crippen LogP contribution is 2.33. The highest BCUT2D eigenvalue weighted by Gasteiger charge is 2.40. The third-order valence-electron chi connectivity index (χ3n) is 3.68. The number of carbonyl (C=O) groups excluding carboxylic acids is 2. The number of rotatable bonds is 6. The van der Waals surface area contributed by atoms with Gasteiger partial charge < -0.3 is 10.6 Å². The number of urea groups is 1. The molecule has 2 aromatic carbocycles. The summed E-state index contributed by atoms with van der Waals surface area (Å²) in [5, 5.41) is 26.2. The highest BCUT2D eigenvalue weighted by atomic mass is 35.6. The Morgan fingerprint density at radius 2 is 1.58 bits per heavy atom. The van der Waals surface area contributed by atoms with Crippen LogP contribution in [0.25, 0.3) is 0 Å². The second-order valence-electron chi connectivity index (χ2n) is 5.80. The van der Waals surface area contributed by atoms with Crippen molar-refractivity contribution in [3.8, 4) is 0 Å². The molecule has 3 amide bonds. The zero-order valence-electron chi connectivity index (χ0n) is 15.1. The SMILES string of the molecule is O=C(NC(N(S)C(=O)Nc1ccc([N+](=O)[O-])cc1)C(Cl)(Cl)Cl)c1cccc([N+](=O)[O-])c1. The van der Waals surface area contributed by atoms with E-state index < -0.39 is 31.7 Å². The minimum absolute atomic E-state index is 0.119. The lowest BCUT2D eigenvalue weighted by atomic mass is 10.2. The summed E-state index contributed by atoms with van der Waals surface area (Å²) in [6.07, 6.45) is -1.61. The Morgan fingerprint density at radius 1 is 1.00 bits per heavy atom. The van der Waals surface area contributed by atoms with Gasteiger partial charge in [-0.05, 0) is 18.2 Å². The summed E-state index contributed by atoms with van der Waals surface area (Å²) in [4.78, 5) is 45.2. The second kappa shape index (κ2) is 10.0. The molecule has 0 bridgehead atoms. The van der Waals surface area contributed by atoms with E-state index in [0.717, 1.165) is 18.2 Å². The van der Waals surface area contributed by atoms with Crippen molar-refractivity contribution in [1.82, 2.24) is 9.62 Å². The van der Waals surface area contributed by atoms with Crippen molar-refractivity contribution in [2.24, 2.45) is 0 Å². The Balaban J connectivity index is 2.18. The molecule has 1 atom stereocenters. The molecule has 31 heavy (non-hydrogen) atoms. The minimum atomic E-state index is -2.25. The minimum Gasteiger partial charge on any atom is -0.327 e. The number of halogens is 3. The number of carbonyl (C=O) groups is 2. The average molecular weight is 509 g/mol. The number of alkyl halides is 3. The summed E-state index contributed by atoms with van der Waals surface area (Å²) in [5.74, 6) is -0.873. The van der Waals surface area contributed by atoms with Crippen LogP contribution < -0.4 is 10.6 Å². The monoisotopic (exact) mass is 507 g/mol. The van der Waals surface area contributed by atoms with E-state index in [0.29, 0.717) is 4.31 Å². The predicted octanol–water partition coefficient (Wildman–Crippen LogP) is 4.31. The molecule has 11 nitrogen and oxygen atoms in total. The van der Waals surface area contributed by atoms with Gasteiger partial charge in [0, 0.05) is 35.5 Å². The second-order valence-corrected chi connectivity index (χ2v) is 8.60. The number of amides is 3. The molecule has 0 saturated heterocycles. The Morgan fingerprint density at radius 3 is 2.10 bits per heavy atom. The van der Waals surface area contributed by atoms with Gasteiger partial charge in [-0.25, -0.2) is 9.10 Å². The molecule has 0 aliphatic rings. The fraction of sp³-hybridized carbons (Fsp3) is 0.125. The number of nitro benzene ring substituents is 2. The Bertz CT molecular complexity index is 1020. The van der Waals surface area contributed by atoms with Gasteiger partial charge >= 0.3 is 6.03 Å². The van der Waals surface area contributed by atoms with Crippen LogP contribution in [0.2, 0.25) is 0 Å². The molecule has 164 valence electrons. The first kappa shape index (κ1) is 24.5. The van der Waals surface area contributed by atoms with Gasteiger partial charge in [0.05, 0.1) is 9.85 Å². The van der Waals surface area contributed by atoms with E-state index in [2.05, 4.69) is 23.4 Å². The molecule has 0 fully saturated rings. The fourth-order valence-corrected chi connectivity index (χ4v) is 3.16. The van der Waals surface area contributed by atoms with Crippen molar-refractivity contribution in [1.29, 1.82) is 0 Å². The highest BCUT2D eigenvalue weighted by molar-refractivity contribution is 7.78. The van der Waals surface area contributed by atoms with Crippen LogP contribution in [0.3, 0.4) is 0 Å². The average Bonchev–Trinajstić information content (AvgIpc) is 2.70. The molecule has 0 aliphatic heterocycles. The summed E-state index contributed by atoms with van der Waals surface area (Å²) in [6, 6.07) is 8.69. The maximum absolute atomic E-state index is 12.5. The summed E-state index contributed by atoms with van der Waals surface area (Å²) in [6.45, 7) is 0. The van der Waals surface area contributed by atoms with Crippen LogP contribution in [0.1, 0.15) is 10.4 Å². The Hall–Kier alpha value is -2.80. The zero-order chi connectivity index (χ0) is 23.3. The van der Waals surface area contributed by atoms with Crippen LogP contribution >= 0.6 is 47.6 Å². The van der Waals surface area contributed by atoms with E-state index in [4.69, 9.17) is 34.8 Å². The zero-order valence-corrected chi connectivity index (χ0v) is 18.2. The first-order valence-electron chi connectivity index (χ1n) is 8.05. The topological polar surface area (TPSA) is 148 Å². The number of non-ortho nitro benzene ring substituents is 2. The smallest absolute Gasteiger partial charge is 0.327 e. The summed E-state index contributed by atoms with van der Waals surface area (Å²) < 4.78 is -1.66. The number of hydrogen-bond donors (Lipinski definition) is 3. The van der Waals surface area contributed by atoms with E-state index in [1.807, 2.05) is 0 Å². The van der Waals surface area contributed by atoms with Gasteiger partial charge in [0.15, 0.2) is 6.17 Å². The fourth-order valence-electron chi connectivity index (χ4n) is 2.21. The summed E-state index contributed by atoms with van der Waals surface area (Å²) >= 11 is 21.6. The maximum Gasteiger partial charge on any atom is 0.333 e. The van der Waals surface area contributed by atoms with Crippen LogP contribution in [0.5, 0.6) is 0 Å². The van der Waals surface area contributed by atoms with Crippen molar-refractivity contribution in [2.75, 3.05) is 5.32 Å². The van der Waals surface area contributed by atoms with Gasteiger partial charge in [-0.15, -0.1) is 0 Å². The normalized spacial score (nSPS) is 11.9. The van der Waals surface area contributed by atoms with Crippen LogP contribution in [-0.2, 0) is 0 Å². The van der Waals surface area contributed by atoms with Gasteiger partial charge in [0.2, 0.25) is 3.79 Å². The number of benzene rings is 2. The van der Waals surface area contributed by atoms with Gasteiger partial charge in [0.1, 0.15) is 0 Å². The van der Waals surface area contributed by atoms with Crippen molar-refractivity contribution >= 4 is 76.6 Å². The largest absolute Gasteiger partial charge is 0.333 e. The number of nitrogens with one attached hydrogen (secondary N) is 2. The van der Waals surface area contributed by atoms with Crippen molar-refractivity contribution in [2.45, 2.75) is 9.96 Å². The standard InChI is InChI=1S/C16H12Cl3N5O6S/c17-16(18,19)14(21-13(25)9-2-1-3-12(8-9)24(29)30)22(31)15(26)20-10-4-6-11(7-5-10)23(27)28/h1-8,14,31H,(H,20,26)(H,21,25). The number of hydrogen-bond acceptors (Lipinski definition) is 7. The molecule has 2 aromatic rings. The van der Waals surface area contributed by atoms with E-state index in [-0.39, 0.29) is 22.6 Å². The molecule has 0 radical (unpaired) electrons. The third kappa shape index (κ3) is 6.59. The maximum atomic E-state index is 12.5. The molecule has 1 unspecified atom stereocenters. The van der Waals surface area contributed by atoms with E-state index >= 15 is 0 Å². The number of nitro groups is 2. The van der Waals surface area contributed by atoms with Crippen molar-refractivity contribution < 1.29 is 19.4 Å². The number of nitrogens with zero attached hydrogens (tertiary/aromatic N) is 3. The van der Waals surface area contributed by atoms with Crippen molar-refractivity contribution in [3.63, 3.8) is 0 Å². The molecule has 0 aromatic heterocycles. The summed E-state index contributed by atoms with van der Waals surface area (Å²) in [5.41, 5.74) is -0.477. The van der Waals surface area contributed by atoms with Crippen LogP contribution in [-0.4, -0.2) is 36.0 Å². The van der Waals surface area contributed by atoms with Crippen LogP contribution in [0, 0.1) is 20.2 Å². The molecule has 0 spiro atoms. The Kier molecular flexibility index (Phi) is 7.90. The predicted molar refractivity (Wildman–Crippen MR) is 118 cm³/mol. The molecule has 0 aliphatic carbocycles. The molecule has 2 N–H and O–H groups in total. The molecule has 0 saturated carbocycles. The van der Waals surface area contributed by atoms with Gasteiger partial charge in [-0.3, -0.25) is 25.0 Å². The molecule has 0 heterocycles. The first-order chi connectivity index (χ1) is 14.4. The van der Waals surface area contributed by atoms with Gasteiger partial charge in [0.25, 0.3) is 17.3 Å².